The number of thioether (sulfide) groups is 1. The summed E-state index contributed by atoms with van der Waals surface area (Å²) < 4.78 is 9.96. The number of carbonyl (C=O) groups excluding carboxylic acids is 2. The number of amides is 1. The first-order chi connectivity index (χ1) is 12.4. The van der Waals surface area contributed by atoms with Crippen LogP contribution >= 0.6 is 24.0 Å². The number of ether oxygens (including phenoxy) is 1. The zero-order chi connectivity index (χ0) is 18.8. The Morgan fingerprint density at radius 3 is 2.58 bits per heavy atom. The third-order valence-electron chi connectivity index (χ3n) is 3.41. The molecular weight excluding hydrogens is 380 g/mol. The molecule has 0 bridgehead atoms. The van der Waals surface area contributed by atoms with E-state index in [1.807, 2.05) is 0 Å². The molecule has 1 amide bonds. The van der Waals surface area contributed by atoms with Crippen LogP contribution < -0.4 is 4.90 Å². The molecular formula is C16H10N2O6S2. The number of carbonyl (C=O) groups is 2. The van der Waals surface area contributed by atoms with Crippen LogP contribution in [-0.2, 0) is 9.53 Å². The number of rotatable bonds is 4. The largest absolute Gasteiger partial charge is 0.465 e. The highest BCUT2D eigenvalue weighted by atomic mass is 32.2. The Morgan fingerprint density at radius 1 is 1.31 bits per heavy atom. The summed E-state index contributed by atoms with van der Waals surface area (Å²) in [7, 11) is 1.28. The van der Waals surface area contributed by atoms with Gasteiger partial charge in [-0.05, 0) is 30.3 Å². The van der Waals surface area contributed by atoms with Crippen LogP contribution in [0.3, 0.4) is 0 Å². The van der Waals surface area contributed by atoms with Gasteiger partial charge in [0.15, 0.2) is 4.32 Å². The van der Waals surface area contributed by atoms with Crippen molar-refractivity contribution >= 4 is 57.8 Å². The molecule has 1 aliphatic rings. The Balaban J connectivity index is 1.85. The molecule has 26 heavy (non-hydrogen) atoms. The molecule has 10 heteroatoms. The van der Waals surface area contributed by atoms with Crippen LogP contribution in [0.15, 0.2) is 45.7 Å². The van der Waals surface area contributed by atoms with Crippen molar-refractivity contribution in [3.63, 3.8) is 0 Å². The molecule has 0 saturated carbocycles. The molecule has 3 rings (SSSR count). The van der Waals surface area contributed by atoms with E-state index in [1.165, 1.54) is 42.4 Å². The molecule has 8 nitrogen and oxygen atoms in total. The van der Waals surface area contributed by atoms with Gasteiger partial charge in [0, 0.05) is 6.08 Å². The maximum absolute atomic E-state index is 12.6. The topological polar surface area (TPSA) is 103 Å². The summed E-state index contributed by atoms with van der Waals surface area (Å²) in [5.74, 6) is -1.10. The summed E-state index contributed by atoms with van der Waals surface area (Å²) in [6.07, 6.45) is 1.40. The van der Waals surface area contributed by atoms with Gasteiger partial charge in [-0.25, -0.2) is 4.79 Å². The number of thiocarbonyl (C=S) groups is 1. The number of anilines is 1. The Morgan fingerprint density at radius 2 is 2.00 bits per heavy atom. The molecule has 0 N–H and O–H groups in total. The second-order valence-corrected chi connectivity index (χ2v) is 6.66. The minimum atomic E-state index is -0.661. The van der Waals surface area contributed by atoms with Gasteiger partial charge in [0.1, 0.15) is 10.7 Å². The van der Waals surface area contributed by atoms with E-state index in [0.29, 0.717) is 15.6 Å². The molecule has 0 unspecified atom stereocenters. The van der Waals surface area contributed by atoms with Crippen LogP contribution in [-0.4, -0.2) is 28.2 Å². The second kappa shape index (κ2) is 7.10. The van der Waals surface area contributed by atoms with Gasteiger partial charge in [-0.1, -0.05) is 24.0 Å². The zero-order valence-corrected chi connectivity index (χ0v) is 14.8. The lowest BCUT2D eigenvalue weighted by Gasteiger charge is -2.14. The highest BCUT2D eigenvalue weighted by Crippen LogP contribution is 2.36. The molecule has 2 heterocycles. The predicted octanol–water partition coefficient (Wildman–Crippen LogP) is 3.38. The lowest BCUT2D eigenvalue weighted by molar-refractivity contribution is -0.402. The number of hydrogen-bond acceptors (Lipinski definition) is 8. The highest BCUT2D eigenvalue weighted by molar-refractivity contribution is 8.27. The van der Waals surface area contributed by atoms with Gasteiger partial charge in [-0.15, -0.1) is 0 Å². The van der Waals surface area contributed by atoms with Crippen LogP contribution in [0, 0.1) is 10.1 Å². The Kier molecular flexibility index (Phi) is 4.87. The minimum Gasteiger partial charge on any atom is -0.465 e. The molecule has 1 saturated heterocycles. The smallest absolute Gasteiger partial charge is 0.433 e. The Bertz CT molecular complexity index is 948. The van der Waals surface area contributed by atoms with E-state index in [0.717, 1.165) is 11.8 Å². The lowest BCUT2D eigenvalue weighted by atomic mass is 10.2. The molecule has 132 valence electrons. The van der Waals surface area contributed by atoms with E-state index < -0.39 is 16.8 Å². The van der Waals surface area contributed by atoms with E-state index in [9.17, 15) is 19.7 Å². The van der Waals surface area contributed by atoms with Crippen molar-refractivity contribution in [2.24, 2.45) is 0 Å². The number of esters is 1. The van der Waals surface area contributed by atoms with Crippen LogP contribution in [0.5, 0.6) is 0 Å². The van der Waals surface area contributed by atoms with Crippen molar-refractivity contribution in [2.45, 2.75) is 0 Å². The van der Waals surface area contributed by atoms with E-state index in [4.69, 9.17) is 16.6 Å². The standard InChI is InChI=1S/C16H10N2O6S2/c1-23-15(20)9-2-4-10(5-3-9)17-14(19)12(26-16(17)25)8-11-6-7-13(24-11)18(21)22/h2-8H,1H3/b12-8-. The first kappa shape index (κ1) is 17.8. The molecule has 1 fully saturated rings. The molecule has 0 spiro atoms. The van der Waals surface area contributed by atoms with Crippen molar-refractivity contribution in [1.82, 2.24) is 0 Å². The average Bonchev–Trinajstić information content (AvgIpc) is 3.20. The number of furan rings is 1. The third-order valence-corrected chi connectivity index (χ3v) is 4.71. The third kappa shape index (κ3) is 3.37. The van der Waals surface area contributed by atoms with Gasteiger partial charge in [0.2, 0.25) is 0 Å². The maximum Gasteiger partial charge on any atom is 0.433 e. The zero-order valence-electron chi connectivity index (χ0n) is 13.2. The van der Waals surface area contributed by atoms with Crippen molar-refractivity contribution in [2.75, 3.05) is 12.0 Å². The van der Waals surface area contributed by atoms with Gasteiger partial charge in [-0.3, -0.25) is 19.8 Å². The summed E-state index contributed by atoms with van der Waals surface area (Å²) in [5, 5.41) is 10.7. The van der Waals surface area contributed by atoms with Crippen molar-refractivity contribution < 1.29 is 23.7 Å². The van der Waals surface area contributed by atoms with Crippen LogP contribution in [0.4, 0.5) is 11.6 Å². The summed E-state index contributed by atoms with van der Waals surface area (Å²) in [6.45, 7) is 0. The summed E-state index contributed by atoms with van der Waals surface area (Å²) in [4.78, 5) is 35.7. The van der Waals surface area contributed by atoms with Gasteiger partial charge < -0.3 is 9.15 Å². The summed E-state index contributed by atoms with van der Waals surface area (Å²) in [5.41, 5.74) is 0.842. The summed E-state index contributed by atoms with van der Waals surface area (Å²) in [6, 6.07) is 8.82. The number of methoxy groups -OCH3 is 1. The molecule has 0 atom stereocenters. The van der Waals surface area contributed by atoms with Gasteiger partial charge >= 0.3 is 11.9 Å². The van der Waals surface area contributed by atoms with E-state index in [2.05, 4.69) is 4.74 Å². The predicted molar refractivity (Wildman–Crippen MR) is 98.8 cm³/mol. The number of hydrogen-bond donors (Lipinski definition) is 0. The first-order valence-electron chi connectivity index (χ1n) is 7.11. The Labute approximate surface area is 156 Å². The fraction of sp³-hybridized carbons (Fsp3) is 0.0625. The maximum atomic E-state index is 12.6. The highest BCUT2D eigenvalue weighted by Gasteiger charge is 2.33. The molecule has 0 radical (unpaired) electrons. The van der Waals surface area contributed by atoms with Crippen LogP contribution in [0.1, 0.15) is 16.1 Å². The van der Waals surface area contributed by atoms with Crippen molar-refractivity contribution in [1.29, 1.82) is 0 Å². The second-order valence-electron chi connectivity index (χ2n) is 4.99. The molecule has 1 aliphatic heterocycles. The number of benzene rings is 1. The fourth-order valence-corrected chi connectivity index (χ4v) is 3.48. The quantitative estimate of drug-likeness (QED) is 0.257. The van der Waals surface area contributed by atoms with Crippen molar-refractivity contribution in [3.05, 3.63) is 62.7 Å². The van der Waals surface area contributed by atoms with Crippen molar-refractivity contribution in [3.8, 4) is 0 Å². The SMILES string of the molecule is COC(=O)c1ccc(N2C(=O)/C(=C/c3ccc([N+](=O)[O-])o3)SC2=S)cc1. The van der Waals surface area contributed by atoms with E-state index >= 15 is 0 Å². The molecule has 0 aliphatic carbocycles. The van der Waals surface area contributed by atoms with Gasteiger partial charge in [0.05, 0.1) is 29.3 Å². The lowest BCUT2D eigenvalue weighted by Crippen LogP contribution is -2.27. The van der Waals surface area contributed by atoms with E-state index in [1.54, 1.807) is 12.1 Å². The van der Waals surface area contributed by atoms with Gasteiger partial charge in [0.25, 0.3) is 5.91 Å². The normalized spacial score (nSPS) is 15.6. The minimum absolute atomic E-state index is 0.179. The van der Waals surface area contributed by atoms with Crippen LogP contribution in [0.25, 0.3) is 6.08 Å². The monoisotopic (exact) mass is 390 g/mol. The average molecular weight is 390 g/mol. The number of nitro groups is 1. The summed E-state index contributed by atoms with van der Waals surface area (Å²) >= 11 is 6.30. The van der Waals surface area contributed by atoms with E-state index in [-0.39, 0.29) is 16.6 Å². The van der Waals surface area contributed by atoms with Gasteiger partial charge in [-0.2, -0.15) is 0 Å². The Hall–Kier alpha value is -2.98. The van der Waals surface area contributed by atoms with Crippen LogP contribution in [0.2, 0.25) is 0 Å². The molecule has 2 aromatic rings. The molecule has 1 aromatic carbocycles. The first-order valence-corrected chi connectivity index (χ1v) is 8.33. The molecule has 1 aromatic heterocycles. The number of nitrogens with zero attached hydrogens (tertiary/aromatic N) is 2. The fourth-order valence-electron chi connectivity index (χ4n) is 2.20.